The van der Waals surface area contributed by atoms with Crippen LogP contribution in [0.3, 0.4) is 0 Å². The highest BCUT2D eigenvalue weighted by molar-refractivity contribution is 9.10. The summed E-state index contributed by atoms with van der Waals surface area (Å²) in [7, 11) is 0. The van der Waals surface area contributed by atoms with Gasteiger partial charge < -0.3 is 13.9 Å². The fourth-order valence-electron chi connectivity index (χ4n) is 4.03. The van der Waals surface area contributed by atoms with Gasteiger partial charge in [-0.05, 0) is 49.7 Å². The molecule has 0 saturated carbocycles. The van der Waals surface area contributed by atoms with Gasteiger partial charge in [-0.1, -0.05) is 22.0 Å². The molecule has 1 aliphatic heterocycles. The fraction of sp³-hybridized carbons (Fsp3) is 0.208. The summed E-state index contributed by atoms with van der Waals surface area (Å²) in [5.74, 6) is 0.772. The minimum Gasteiger partial charge on any atom is -0.490 e. The summed E-state index contributed by atoms with van der Waals surface area (Å²) in [5.41, 5.74) is 1.09. The Morgan fingerprint density at radius 1 is 1.09 bits per heavy atom. The molecule has 9 heteroatoms. The van der Waals surface area contributed by atoms with Crippen LogP contribution in [0.25, 0.3) is 11.0 Å². The first kappa shape index (κ1) is 21.7. The maximum absolute atomic E-state index is 13.7. The molecule has 0 radical (unpaired) electrons. The Labute approximate surface area is 201 Å². The summed E-state index contributed by atoms with van der Waals surface area (Å²) in [6.45, 7) is 4.71. The molecule has 2 aromatic heterocycles. The van der Waals surface area contributed by atoms with Crippen LogP contribution >= 0.6 is 27.3 Å². The highest BCUT2D eigenvalue weighted by atomic mass is 79.9. The summed E-state index contributed by atoms with van der Waals surface area (Å²) >= 11 is 4.73. The number of nitrogens with zero attached hydrogens (tertiary/aromatic N) is 2. The molecule has 3 heterocycles. The van der Waals surface area contributed by atoms with Crippen molar-refractivity contribution in [1.29, 1.82) is 0 Å². The second kappa shape index (κ2) is 8.64. The van der Waals surface area contributed by atoms with Crippen molar-refractivity contribution in [3.63, 3.8) is 0 Å². The lowest BCUT2D eigenvalue weighted by atomic mass is 9.98. The molecule has 0 saturated heterocycles. The quantitative estimate of drug-likeness (QED) is 0.327. The summed E-state index contributed by atoms with van der Waals surface area (Å²) in [5, 5.41) is 2.67. The third-order valence-electron chi connectivity index (χ3n) is 5.34. The topological polar surface area (TPSA) is 81.9 Å². The predicted molar refractivity (Wildman–Crippen MR) is 130 cm³/mol. The molecule has 0 N–H and O–H groups in total. The van der Waals surface area contributed by atoms with E-state index >= 15 is 0 Å². The number of hydrogen-bond donors (Lipinski definition) is 0. The molecule has 0 fully saturated rings. The molecular weight excluding hydrogens is 508 g/mol. The molecule has 1 aliphatic rings. The molecule has 1 unspecified atom stereocenters. The first-order chi connectivity index (χ1) is 16.0. The van der Waals surface area contributed by atoms with Crippen LogP contribution in [0.15, 0.2) is 61.7 Å². The van der Waals surface area contributed by atoms with E-state index in [0.717, 1.165) is 4.47 Å². The molecule has 1 atom stereocenters. The Balaban J connectivity index is 1.77. The molecule has 4 aromatic rings. The van der Waals surface area contributed by atoms with Gasteiger partial charge in [0.15, 0.2) is 22.1 Å². The van der Waals surface area contributed by atoms with Crippen molar-refractivity contribution in [3.8, 4) is 11.5 Å². The van der Waals surface area contributed by atoms with Crippen molar-refractivity contribution in [2.75, 3.05) is 18.1 Å². The zero-order chi connectivity index (χ0) is 23.1. The van der Waals surface area contributed by atoms with E-state index in [1.54, 1.807) is 35.8 Å². The average Bonchev–Trinajstić information content (AvgIpc) is 3.43. The van der Waals surface area contributed by atoms with Crippen molar-refractivity contribution in [2.24, 2.45) is 0 Å². The van der Waals surface area contributed by atoms with Crippen LogP contribution in [0.5, 0.6) is 11.5 Å². The lowest BCUT2D eigenvalue weighted by Gasteiger charge is -2.23. The summed E-state index contributed by atoms with van der Waals surface area (Å²) in [6, 6.07) is 9.89. The van der Waals surface area contributed by atoms with Gasteiger partial charge in [0, 0.05) is 16.0 Å². The number of amides is 1. The summed E-state index contributed by atoms with van der Waals surface area (Å²) < 4.78 is 18.2. The van der Waals surface area contributed by atoms with Crippen LogP contribution < -0.4 is 19.8 Å². The van der Waals surface area contributed by atoms with Crippen molar-refractivity contribution in [3.05, 3.63) is 79.6 Å². The number of ether oxygens (including phenoxy) is 2. The van der Waals surface area contributed by atoms with E-state index in [1.165, 1.54) is 16.2 Å². The molecule has 1 amide bonds. The molecule has 7 nitrogen and oxygen atoms in total. The number of carbonyl (C=O) groups excluding carboxylic acids is 1. The van der Waals surface area contributed by atoms with Gasteiger partial charge in [0.2, 0.25) is 5.76 Å². The molecule has 5 rings (SSSR count). The van der Waals surface area contributed by atoms with Crippen LogP contribution in [0.4, 0.5) is 5.13 Å². The molecular formula is C24H19BrN2O5S. The Morgan fingerprint density at radius 3 is 2.61 bits per heavy atom. The normalized spacial score (nSPS) is 15.2. The number of carbonyl (C=O) groups is 1. The fourth-order valence-corrected chi connectivity index (χ4v) is 5.06. The van der Waals surface area contributed by atoms with Crippen molar-refractivity contribution < 1.29 is 18.7 Å². The Hall–Kier alpha value is -3.17. The molecule has 0 aliphatic carbocycles. The number of anilines is 1. The van der Waals surface area contributed by atoms with E-state index in [-0.39, 0.29) is 16.8 Å². The Morgan fingerprint density at radius 2 is 1.88 bits per heavy atom. The van der Waals surface area contributed by atoms with Gasteiger partial charge >= 0.3 is 0 Å². The lowest BCUT2D eigenvalue weighted by Crippen LogP contribution is -2.29. The van der Waals surface area contributed by atoms with E-state index in [2.05, 4.69) is 20.9 Å². The van der Waals surface area contributed by atoms with Crippen molar-refractivity contribution in [2.45, 2.75) is 19.9 Å². The molecule has 2 aromatic carbocycles. The van der Waals surface area contributed by atoms with Gasteiger partial charge in [-0.15, -0.1) is 11.3 Å². The lowest BCUT2D eigenvalue weighted by molar-refractivity contribution is 0.0971. The molecule has 33 heavy (non-hydrogen) atoms. The second-order valence-electron chi connectivity index (χ2n) is 7.28. The highest BCUT2D eigenvalue weighted by Gasteiger charge is 2.45. The number of halogens is 1. The van der Waals surface area contributed by atoms with E-state index in [9.17, 15) is 9.59 Å². The summed E-state index contributed by atoms with van der Waals surface area (Å²) in [4.78, 5) is 33.0. The van der Waals surface area contributed by atoms with Crippen LogP contribution in [-0.2, 0) is 0 Å². The number of thiazole rings is 1. The van der Waals surface area contributed by atoms with Gasteiger partial charge in [-0.25, -0.2) is 4.98 Å². The van der Waals surface area contributed by atoms with E-state index in [0.29, 0.717) is 46.4 Å². The van der Waals surface area contributed by atoms with Gasteiger partial charge in [-0.3, -0.25) is 14.5 Å². The van der Waals surface area contributed by atoms with E-state index < -0.39 is 11.9 Å². The van der Waals surface area contributed by atoms with Crippen LogP contribution in [-0.4, -0.2) is 24.1 Å². The van der Waals surface area contributed by atoms with Crippen LogP contribution in [0.2, 0.25) is 0 Å². The first-order valence-electron chi connectivity index (χ1n) is 10.4. The third-order valence-corrected chi connectivity index (χ3v) is 6.60. The zero-order valence-corrected chi connectivity index (χ0v) is 20.2. The first-order valence-corrected chi connectivity index (χ1v) is 12.1. The maximum Gasteiger partial charge on any atom is 0.297 e. The van der Waals surface area contributed by atoms with Crippen molar-refractivity contribution >= 4 is 49.3 Å². The largest absolute Gasteiger partial charge is 0.490 e. The second-order valence-corrected chi connectivity index (χ2v) is 9.07. The third kappa shape index (κ3) is 3.61. The smallest absolute Gasteiger partial charge is 0.297 e. The standard InChI is InChI=1S/C24H19BrN2O5S/c1-3-30-17-7-5-13(11-18(17)31-4-2)20-19-21(28)15-12-14(25)6-8-16(15)32-22(19)23(29)27(20)24-26-9-10-33-24/h5-12,20H,3-4H2,1-2H3. The Bertz CT molecular complexity index is 1420. The number of rotatable bonds is 6. The Kier molecular flexibility index (Phi) is 5.67. The monoisotopic (exact) mass is 526 g/mol. The number of hydrogen-bond acceptors (Lipinski definition) is 7. The number of aromatic nitrogens is 1. The van der Waals surface area contributed by atoms with E-state index in [1.807, 2.05) is 26.0 Å². The molecule has 168 valence electrons. The molecule has 0 spiro atoms. The van der Waals surface area contributed by atoms with Gasteiger partial charge in [0.1, 0.15) is 5.58 Å². The highest BCUT2D eigenvalue weighted by Crippen LogP contribution is 2.43. The summed E-state index contributed by atoms with van der Waals surface area (Å²) in [6.07, 6.45) is 1.62. The van der Waals surface area contributed by atoms with Gasteiger partial charge in [-0.2, -0.15) is 0 Å². The molecule has 0 bridgehead atoms. The minimum atomic E-state index is -0.715. The average molecular weight is 527 g/mol. The minimum absolute atomic E-state index is 0.0295. The van der Waals surface area contributed by atoms with Crippen LogP contribution in [0, 0.1) is 0 Å². The number of benzene rings is 2. The van der Waals surface area contributed by atoms with Gasteiger partial charge in [0.25, 0.3) is 5.91 Å². The SMILES string of the molecule is CCOc1ccc(C2c3c(oc4ccc(Br)cc4c3=O)C(=O)N2c2nccs2)cc1OCC. The van der Waals surface area contributed by atoms with Crippen molar-refractivity contribution in [1.82, 2.24) is 4.98 Å². The van der Waals surface area contributed by atoms with Gasteiger partial charge in [0.05, 0.1) is 30.2 Å². The maximum atomic E-state index is 13.7. The number of fused-ring (bicyclic) bond motifs is 2. The zero-order valence-electron chi connectivity index (χ0n) is 17.8. The van der Waals surface area contributed by atoms with Crippen LogP contribution in [0.1, 0.15) is 41.6 Å². The predicted octanol–water partition coefficient (Wildman–Crippen LogP) is 5.56. The van der Waals surface area contributed by atoms with E-state index in [4.69, 9.17) is 13.9 Å².